The van der Waals surface area contributed by atoms with Gasteiger partial charge in [0.15, 0.2) is 0 Å². The first-order chi connectivity index (χ1) is 12.9. The number of anilines is 1. The molecule has 0 unspecified atom stereocenters. The van der Waals surface area contributed by atoms with Gasteiger partial charge in [-0.3, -0.25) is 10.1 Å². The maximum Gasteiger partial charge on any atom is 0.271 e. The Morgan fingerprint density at radius 1 is 1.22 bits per heavy atom. The number of non-ortho nitro benzene ring substituents is 1. The lowest BCUT2D eigenvalue weighted by Crippen LogP contribution is -2.23. The molecule has 0 saturated carbocycles. The van der Waals surface area contributed by atoms with Gasteiger partial charge in [-0.2, -0.15) is 10.4 Å². The fraction of sp³-hybridized carbons (Fsp3) is 0.278. The van der Waals surface area contributed by atoms with Gasteiger partial charge < -0.3 is 4.90 Å². The summed E-state index contributed by atoms with van der Waals surface area (Å²) in [5.41, 5.74) is 3.12. The third-order valence-corrected chi connectivity index (χ3v) is 5.10. The second-order valence-electron chi connectivity index (χ2n) is 5.67. The average molecular weight is 495 g/mol. The summed E-state index contributed by atoms with van der Waals surface area (Å²) < 4.78 is 0.963. The molecule has 7 nitrogen and oxygen atoms in total. The number of rotatable bonds is 7. The normalized spacial score (nSPS) is 10.8. The zero-order valence-electron chi connectivity index (χ0n) is 14.8. The average Bonchev–Trinajstić information content (AvgIpc) is 2.62. The van der Waals surface area contributed by atoms with E-state index in [1.54, 1.807) is 0 Å². The predicted octanol–water partition coefficient (Wildman–Crippen LogP) is 6.58. The van der Waals surface area contributed by atoms with Crippen molar-refractivity contribution in [3.8, 4) is 6.07 Å². The van der Waals surface area contributed by atoms with Crippen LogP contribution in [0.2, 0.25) is 0 Å². The molecule has 0 heterocycles. The number of nitriles is 1. The maximum absolute atomic E-state index is 10.9. The van der Waals surface area contributed by atoms with Gasteiger partial charge in [0.1, 0.15) is 5.69 Å². The van der Waals surface area contributed by atoms with Crippen LogP contribution in [-0.4, -0.2) is 18.0 Å². The third-order valence-electron chi connectivity index (χ3n) is 3.89. The van der Waals surface area contributed by atoms with E-state index < -0.39 is 4.92 Å². The summed E-state index contributed by atoms with van der Waals surface area (Å²) in [5.74, 6) is 0. The summed E-state index contributed by atoms with van der Waals surface area (Å²) in [4.78, 5) is 12.6. The Bertz CT molecular complexity index is 901. The Labute approximate surface area is 174 Å². The number of hydrogen-bond acceptors (Lipinski definition) is 6. The largest absolute Gasteiger partial charge is 0.371 e. The van der Waals surface area contributed by atoms with Crippen LogP contribution in [-0.2, 0) is 0 Å². The monoisotopic (exact) mass is 493 g/mol. The number of benzene rings is 2. The molecule has 0 aromatic heterocycles. The highest BCUT2D eigenvalue weighted by Gasteiger charge is 2.14. The van der Waals surface area contributed by atoms with Gasteiger partial charge in [-0.1, -0.05) is 0 Å². The number of azo groups is 1. The van der Waals surface area contributed by atoms with Crippen LogP contribution in [0, 0.1) is 28.4 Å². The molecule has 0 amide bonds. The van der Waals surface area contributed by atoms with Crippen molar-refractivity contribution in [3.63, 3.8) is 0 Å². The summed E-state index contributed by atoms with van der Waals surface area (Å²) in [6, 6.07) is 10.8. The topological polar surface area (TPSA) is 94.9 Å². The molecule has 2 rings (SSSR count). The van der Waals surface area contributed by atoms with Gasteiger partial charge in [0.2, 0.25) is 0 Å². The van der Waals surface area contributed by atoms with Crippen LogP contribution in [0.5, 0.6) is 0 Å². The Morgan fingerprint density at radius 2 is 1.89 bits per heavy atom. The highest BCUT2D eigenvalue weighted by molar-refractivity contribution is 9.11. The van der Waals surface area contributed by atoms with E-state index in [4.69, 9.17) is 5.26 Å². The number of halogens is 2. The second kappa shape index (κ2) is 9.58. The highest BCUT2D eigenvalue weighted by Crippen LogP contribution is 2.38. The van der Waals surface area contributed by atoms with Crippen molar-refractivity contribution < 1.29 is 4.92 Å². The fourth-order valence-electron chi connectivity index (χ4n) is 2.46. The predicted molar refractivity (Wildman–Crippen MR) is 112 cm³/mol. The SMILES string of the molecule is CCN(CCC#N)c1ccc(N=Nc2c(Br)cc([N+](=O)[O-])cc2Br)c(C)c1. The van der Waals surface area contributed by atoms with Crippen LogP contribution < -0.4 is 4.90 Å². The molecule has 27 heavy (non-hydrogen) atoms. The Kier molecular flexibility index (Phi) is 7.45. The van der Waals surface area contributed by atoms with Crippen LogP contribution in [0.4, 0.5) is 22.7 Å². The lowest BCUT2D eigenvalue weighted by molar-refractivity contribution is -0.385. The van der Waals surface area contributed by atoms with Gasteiger partial charge in [-0.25, -0.2) is 0 Å². The molecule has 0 bridgehead atoms. The molecule has 140 valence electrons. The van der Waals surface area contributed by atoms with Crippen molar-refractivity contribution in [2.75, 3.05) is 18.0 Å². The maximum atomic E-state index is 10.9. The van der Waals surface area contributed by atoms with Crippen LogP contribution in [0.25, 0.3) is 0 Å². The molecule has 0 N–H and O–H groups in total. The number of hydrogen-bond donors (Lipinski definition) is 0. The molecule has 0 saturated heterocycles. The zero-order valence-corrected chi connectivity index (χ0v) is 18.0. The first kappa shape index (κ1) is 21.0. The lowest BCUT2D eigenvalue weighted by atomic mass is 10.1. The molecular formula is C18H17Br2N5O2. The minimum atomic E-state index is -0.467. The van der Waals surface area contributed by atoms with E-state index in [1.165, 1.54) is 12.1 Å². The number of nitro benzene ring substituents is 1. The van der Waals surface area contributed by atoms with Gasteiger partial charge in [-0.15, -0.1) is 5.11 Å². The minimum absolute atomic E-state index is 0.0368. The Balaban J connectivity index is 2.28. The first-order valence-corrected chi connectivity index (χ1v) is 9.73. The lowest BCUT2D eigenvalue weighted by Gasteiger charge is -2.22. The summed E-state index contributed by atoms with van der Waals surface area (Å²) in [6.07, 6.45) is 0.469. The number of aryl methyl sites for hydroxylation is 1. The summed E-state index contributed by atoms with van der Waals surface area (Å²) in [5, 5.41) is 28.2. The minimum Gasteiger partial charge on any atom is -0.371 e. The third kappa shape index (κ3) is 5.34. The Hall–Kier alpha value is -2.31. The van der Waals surface area contributed by atoms with Crippen LogP contribution in [0.3, 0.4) is 0 Å². The summed E-state index contributed by atoms with van der Waals surface area (Å²) in [7, 11) is 0. The molecule has 9 heteroatoms. The standard InChI is InChI=1S/C18H17Br2N5O2/c1-3-24(8-4-7-21)13-5-6-17(12(2)9-13)22-23-18-15(19)10-14(25(26)27)11-16(18)20/h5-6,9-11H,3-4,8H2,1-2H3. The number of nitro groups is 1. The van der Waals surface area contributed by atoms with Gasteiger partial charge in [-0.05, 0) is 69.5 Å². The Morgan fingerprint density at radius 3 is 2.41 bits per heavy atom. The van der Waals surface area contributed by atoms with Crippen LogP contribution in [0.15, 0.2) is 49.5 Å². The molecule has 2 aromatic rings. The van der Waals surface area contributed by atoms with Crippen LogP contribution in [0.1, 0.15) is 18.9 Å². The van der Waals surface area contributed by atoms with Gasteiger partial charge >= 0.3 is 0 Å². The van der Waals surface area contributed by atoms with Crippen molar-refractivity contribution in [3.05, 3.63) is 55.0 Å². The smallest absolute Gasteiger partial charge is 0.271 e. The molecule has 0 radical (unpaired) electrons. The summed E-state index contributed by atoms with van der Waals surface area (Å²) in [6.45, 7) is 5.47. The molecule has 2 aromatic carbocycles. The molecule has 0 spiro atoms. The molecular weight excluding hydrogens is 478 g/mol. The van der Waals surface area contributed by atoms with Crippen molar-refractivity contribution in [2.45, 2.75) is 20.3 Å². The van der Waals surface area contributed by atoms with Crippen molar-refractivity contribution in [1.82, 2.24) is 0 Å². The van der Waals surface area contributed by atoms with Crippen molar-refractivity contribution >= 4 is 54.6 Å². The molecule has 0 atom stereocenters. The fourth-order valence-corrected chi connectivity index (χ4v) is 3.78. The van der Waals surface area contributed by atoms with E-state index in [0.717, 1.165) is 17.8 Å². The van der Waals surface area contributed by atoms with Gasteiger partial charge in [0.25, 0.3) is 5.69 Å². The molecule has 0 aliphatic rings. The van der Waals surface area contributed by atoms with E-state index in [0.29, 0.717) is 33.3 Å². The van der Waals surface area contributed by atoms with Crippen LogP contribution >= 0.6 is 31.9 Å². The van der Waals surface area contributed by atoms with Crippen molar-refractivity contribution in [2.24, 2.45) is 10.2 Å². The van der Waals surface area contributed by atoms with E-state index in [-0.39, 0.29) is 5.69 Å². The van der Waals surface area contributed by atoms with E-state index in [1.807, 2.05) is 32.0 Å². The summed E-state index contributed by atoms with van der Waals surface area (Å²) >= 11 is 6.60. The highest BCUT2D eigenvalue weighted by atomic mass is 79.9. The van der Waals surface area contributed by atoms with Gasteiger partial charge in [0, 0.05) is 30.9 Å². The first-order valence-electron chi connectivity index (χ1n) is 8.15. The van der Waals surface area contributed by atoms with Crippen molar-refractivity contribution in [1.29, 1.82) is 5.26 Å². The quantitative estimate of drug-likeness (QED) is 0.246. The molecule has 0 aliphatic carbocycles. The number of nitrogens with zero attached hydrogens (tertiary/aromatic N) is 5. The van der Waals surface area contributed by atoms with E-state index in [9.17, 15) is 10.1 Å². The van der Waals surface area contributed by atoms with Gasteiger partial charge in [0.05, 0.1) is 32.0 Å². The zero-order chi connectivity index (χ0) is 20.0. The van der Waals surface area contributed by atoms with E-state index in [2.05, 4.69) is 53.1 Å². The van der Waals surface area contributed by atoms with E-state index >= 15 is 0 Å². The molecule has 0 aliphatic heterocycles. The molecule has 0 fully saturated rings. The second-order valence-corrected chi connectivity index (χ2v) is 7.38.